The number of unbranched alkanes of at least 4 members (excludes halogenated alkanes) is 5. The molecule has 3 aromatic carbocycles. The zero-order valence-corrected chi connectivity index (χ0v) is 24.6. The first-order chi connectivity index (χ1) is 18.8. The number of likely N-dealkylation sites (N-methyl/N-ethyl adjacent to an activating group) is 1. The number of rotatable bonds is 15. The Labute approximate surface area is 236 Å². The van der Waals surface area contributed by atoms with Gasteiger partial charge in [0.2, 0.25) is 0 Å². The van der Waals surface area contributed by atoms with E-state index in [1.54, 1.807) is 0 Å². The summed E-state index contributed by atoms with van der Waals surface area (Å²) >= 11 is 0. The van der Waals surface area contributed by atoms with Crippen molar-refractivity contribution < 1.29 is 23.5 Å². The van der Waals surface area contributed by atoms with Crippen LogP contribution in [0.15, 0.2) is 84.9 Å². The van der Waals surface area contributed by atoms with Gasteiger partial charge in [0.1, 0.15) is 18.1 Å². The number of quaternary nitrogens is 1. The van der Waals surface area contributed by atoms with Crippen LogP contribution in [0.2, 0.25) is 0 Å². The van der Waals surface area contributed by atoms with Crippen LogP contribution in [0, 0.1) is 6.92 Å². The summed E-state index contributed by atoms with van der Waals surface area (Å²) in [5, 5.41) is 0. The lowest BCUT2D eigenvalue weighted by atomic mass is 10.1. The molecule has 0 amide bonds. The summed E-state index contributed by atoms with van der Waals surface area (Å²) < 4.78 is 17.6. The fourth-order valence-corrected chi connectivity index (χ4v) is 3.62. The van der Waals surface area contributed by atoms with Gasteiger partial charge in [0.15, 0.2) is 6.04 Å². The highest BCUT2D eigenvalue weighted by Crippen LogP contribution is 2.19. The molecule has 39 heavy (non-hydrogen) atoms. The average Bonchev–Trinajstić information content (AvgIpc) is 2.94. The van der Waals surface area contributed by atoms with Crippen LogP contribution >= 0.6 is 0 Å². The summed E-state index contributed by atoms with van der Waals surface area (Å²) in [6.07, 6.45) is 6.57. The van der Waals surface area contributed by atoms with Crippen molar-refractivity contribution in [2.75, 3.05) is 34.4 Å². The number of aryl methyl sites for hydroxylation is 1. The average molecular weight is 535 g/mol. The predicted octanol–water partition coefficient (Wildman–Crippen LogP) is 7.62. The highest BCUT2D eigenvalue weighted by atomic mass is 16.5. The molecule has 0 aliphatic carbocycles. The van der Waals surface area contributed by atoms with Crippen LogP contribution in [0.3, 0.4) is 0 Å². The fourth-order valence-electron chi connectivity index (χ4n) is 3.62. The molecule has 0 aromatic heterocycles. The monoisotopic (exact) mass is 534 g/mol. The summed E-state index contributed by atoms with van der Waals surface area (Å²) in [7, 11) is 6.02. The van der Waals surface area contributed by atoms with Crippen molar-refractivity contribution in [2.45, 2.75) is 65.0 Å². The molecule has 0 heterocycles. The van der Waals surface area contributed by atoms with Crippen molar-refractivity contribution in [1.82, 2.24) is 0 Å². The predicted molar refractivity (Wildman–Crippen MR) is 160 cm³/mol. The number of nitrogens with zero attached hydrogens (tertiary/aromatic N) is 1. The summed E-state index contributed by atoms with van der Waals surface area (Å²) in [5.41, 5.74) is 2.48. The van der Waals surface area contributed by atoms with Crippen molar-refractivity contribution in [3.05, 3.63) is 96.1 Å². The minimum atomic E-state index is -0.131. The Balaban J connectivity index is 0.000000658. The van der Waals surface area contributed by atoms with Crippen molar-refractivity contribution in [3.63, 3.8) is 0 Å². The van der Waals surface area contributed by atoms with Gasteiger partial charge >= 0.3 is 5.97 Å². The van der Waals surface area contributed by atoms with Gasteiger partial charge < -0.3 is 18.7 Å². The van der Waals surface area contributed by atoms with Gasteiger partial charge in [0.05, 0.1) is 34.4 Å². The molecular weight excluding hydrogens is 486 g/mol. The van der Waals surface area contributed by atoms with E-state index in [1.807, 2.05) is 88.7 Å². The van der Waals surface area contributed by atoms with E-state index in [-0.39, 0.29) is 12.0 Å². The molecule has 0 aliphatic rings. The Morgan fingerprint density at radius 3 is 1.67 bits per heavy atom. The maximum absolute atomic E-state index is 12.0. The molecule has 1 atom stereocenters. The number of esters is 1. The Morgan fingerprint density at radius 1 is 0.667 bits per heavy atom. The van der Waals surface area contributed by atoms with E-state index in [9.17, 15) is 4.79 Å². The van der Waals surface area contributed by atoms with Crippen LogP contribution in [0.5, 0.6) is 11.5 Å². The summed E-state index contributed by atoms with van der Waals surface area (Å²) in [4.78, 5) is 12.0. The van der Waals surface area contributed by atoms with E-state index in [4.69, 9.17) is 14.2 Å². The van der Waals surface area contributed by atoms with Gasteiger partial charge in [-0.15, -0.1) is 0 Å². The number of benzene rings is 3. The topological polar surface area (TPSA) is 44.8 Å². The Kier molecular flexibility index (Phi) is 14.8. The minimum Gasteiger partial charge on any atom is -0.494 e. The van der Waals surface area contributed by atoms with Crippen LogP contribution in [0.1, 0.15) is 56.6 Å². The van der Waals surface area contributed by atoms with E-state index in [2.05, 4.69) is 31.2 Å². The number of carbonyl (C=O) groups excluding carboxylic acids is 1. The van der Waals surface area contributed by atoms with Crippen LogP contribution in [-0.4, -0.2) is 50.9 Å². The van der Waals surface area contributed by atoms with Crippen LogP contribution in [0.25, 0.3) is 0 Å². The van der Waals surface area contributed by atoms with Crippen LogP contribution in [0.4, 0.5) is 0 Å². The van der Waals surface area contributed by atoms with Gasteiger partial charge in [-0.05, 0) is 56.5 Å². The highest BCUT2D eigenvalue weighted by Gasteiger charge is 2.27. The molecule has 0 aliphatic heterocycles. The first kappa shape index (κ1) is 31.9. The van der Waals surface area contributed by atoms with Crippen molar-refractivity contribution in [1.29, 1.82) is 0 Å². The van der Waals surface area contributed by atoms with Gasteiger partial charge in [0.25, 0.3) is 0 Å². The number of carbonyl (C=O) groups is 1. The maximum Gasteiger partial charge on any atom is 0.364 e. The molecule has 0 saturated heterocycles. The van der Waals surface area contributed by atoms with Gasteiger partial charge in [-0.25, -0.2) is 4.79 Å². The maximum atomic E-state index is 12.0. The lowest BCUT2D eigenvalue weighted by Crippen LogP contribution is -2.48. The van der Waals surface area contributed by atoms with Gasteiger partial charge in [-0.1, -0.05) is 91.9 Å². The van der Waals surface area contributed by atoms with Crippen LogP contribution < -0.4 is 9.47 Å². The second-order valence-corrected chi connectivity index (χ2v) is 10.8. The first-order valence-electron chi connectivity index (χ1n) is 14.1. The molecule has 0 saturated carbocycles. The minimum absolute atomic E-state index is 0.106. The number of hydrogen-bond donors (Lipinski definition) is 0. The molecular formula is C34H48NO4+. The zero-order chi connectivity index (χ0) is 28.3. The van der Waals surface area contributed by atoms with E-state index < -0.39 is 0 Å². The first-order valence-corrected chi connectivity index (χ1v) is 14.1. The SMILES string of the molecule is CC(C(=O)OCCCCCCCCOc1ccc(OCc2ccccc2)cc1)[N+](C)(C)C.Cc1ccccc1. The third-order valence-corrected chi connectivity index (χ3v) is 6.57. The Bertz CT molecular complexity index is 1030. The lowest BCUT2D eigenvalue weighted by molar-refractivity contribution is -0.885. The summed E-state index contributed by atoms with van der Waals surface area (Å²) in [5.74, 6) is 1.62. The highest BCUT2D eigenvalue weighted by molar-refractivity contribution is 5.74. The fraction of sp³-hybridized carbons (Fsp3) is 0.441. The molecule has 0 spiro atoms. The van der Waals surface area contributed by atoms with E-state index in [0.29, 0.717) is 17.7 Å². The van der Waals surface area contributed by atoms with Crippen LogP contribution in [-0.2, 0) is 16.1 Å². The molecule has 5 nitrogen and oxygen atoms in total. The van der Waals surface area contributed by atoms with Gasteiger partial charge in [0, 0.05) is 0 Å². The third kappa shape index (κ3) is 14.4. The molecule has 3 aromatic rings. The molecule has 0 N–H and O–H groups in total. The molecule has 0 radical (unpaired) electrons. The largest absolute Gasteiger partial charge is 0.494 e. The second-order valence-electron chi connectivity index (χ2n) is 10.8. The third-order valence-electron chi connectivity index (χ3n) is 6.57. The second kappa shape index (κ2) is 18.1. The standard InChI is InChI=1S/C27H40NO4.C7H8/c1-23(28(2,3)4)27(29)31-21-13-8-6-5-7-12-20-30-25-16-18-26(19-17-25)32-22-24-14-10-9-11-15-24;1-7-5-3-2-4-6-7/h9-11,14-19,23H,5-8,12-13,20-22H2,1-4H3;2-6H,1H3/q+1;. The summed E-state index contributed by atoms with van der Waals surface area (Å²) in [6, 6.07) is 28.1. The molecule has 3 rings (SSSR count). The van der Waals surface area contributed by atoms with Gasteiger partial charge in [-0.3, -0.25) is 0 Å². The van der Waals surface area contributed by atoms with Crippen molar-refractivity contribution in [2.24, 2.45) is 0 Å². The molecule has 0 bridgehead atoms. The number of hydrogen-bond acceptors (Lipinski definition) is 4. The molecule has 212 valence electrons. The molecule has 5 heteroatoms. The zero-order valence-electron chi connectivity index (χ0n) is 24.6. The lowest BCUT2D eigenvalue weighted by Gasteiger charge is -2.29. The Morgan fingerprint density at radius 2 is 1.15 bits per heavy atom. The van der Waals surface area contributed by atoms with E-state index in [1.165, 1.54) is 12.0 Å². The van der Waals surface area contributed by atoms with Crippen molar-refractivity contribution in [3.8, 4) is 11.5 Å². The molecule has 1 unspecified atom stereocenters. The molecule has 0 fully saturated rings. The summed E-state index contributed by atoms with van der Waals surface area (Å²) in [6.45, 7) is 5.82. The smallest absolute Gasteiger partial charge is 0.364 e. The van der Waals surface area contributed by atoms with E-state index >= 15 is 0 Å². The van der Waals surface area contributed by atoms with E-state index in [0.717, 1.165) is 55.8 Å². The normalized spacial score (nSPS) is 11.6. The van der Waals surface area contributed by atoms with Crippen molar-refractivity contribution >= 4 is 5.97 Å². The quantitative estimate of drug-likeness (QED) is 0.114. The number of ether oxygens (including phenoxy) is 3. The van der Waals surface area contributed by atoms with Gasteiger partial charge in [-0.2, -0.15) is 0 Å². The Hall–Kier alpha value is -3.31.